The fourth-order valence-corrected chi connectivity index (χ4v) is 1.37. The Morgan fingerprint density at radius 3 is 2.88 bits per heavy atom. The van der Waals surface area contributed by atoms with Crippen LogP contribution in [0.2, 0.25) is 0 Å². The summed E-state index contributed by atoms with van der Waals surface area (Å²) in [5.74, 6) is -1.54. The second kappa shape index (κ2) is 5.81. The Balaban J connectivity index is 2.84. The van der Waals surface area contributed by atoms with E-state index in [2.05, 4.69) is 15.9 Å². The van der Waals surface area contributed by atoms with Crippen molar-refractivity contribution >= 4 is 21.9 Å². The lowest BCUT2D eigenvalue weighted by Crippen LogP contribution is -2.31. The molecule has 0 heterocycles. The zero-order chi connectivity index (χ0) is 12.1. The van der Waals surface area contributed by atoms with Gasteiger partial charge in [-0.2, -0.15) is 0 Å². The van der Waals surface area contributed by atoms with Gasteiger partial charge in [-0.1, -0.05) is 0 Å². The first-order chi connectivity index (χ1) is 7.54. The van der Waals surface area contributed by atoms with Crippen molar-refractivity contribution in [3.05, 3.63) is 28.5 Å². The van der Waals surface area contributed by atoms with E-state index in [4.69, 9.17) is 14.6 Å². The largest absolute Gasteiger partial charge is 0.478 e. The molecular weight excluding hydrogens is 283 g/mol. The number of ether oxygens (including phenoxy) is 2. The minimum absolute atomic E-state index is 0.113. The highest BCUT2D eigenvalue weighted by Crippen LogP contribution is 2.26. The predicted octanol–water partition coefficient (Wildman–Crippen LogP) is 2.07. The van der Waals surface area contributed by atoms with Crippen molar-refractivity contribution in [3.63, 3.8) is 0 Å². The van der Waals surface area contributed by atoms with E-state index in [0.717, 1.165) is 6.07 Å². The fourth-order valence-electron chi connectivity index (χ4n) is 1.03. The number of aliphatic carboxylic acids is 1. The highest BCUT2D eigenvalue weighted by molar-refractivity contribution is 9.10. The van der Waals surface area contributed by atoms with Crippen LogP contribution >= 0.6 is 15.9 Å². The zero-order valence-electron chi connectivity index (χ0n) is 8.44. The minimum Gasteiger partial charge on any atom is -0.478 e. The predicted molar refractivity (Wildman–Crippen MR) is 58.0 cm³/mol. The second-order valence-corrected chi connectivity index (χ2v) is 3.83. The molecule has 1 N–H and O–H groups in total. The molecule has 1 atom stereocenters. The number of carboxylic acids is 1. The number of hydrogen-bond acceptors (Lipinski definition) is 3. The number of methoxy groups -OCH3 is 1. The Labute approximate surface area is 100 Å². The number of benzene rings is 1. The van der Waals surface area contributed by atoms with Crippen molar-refractivity contribution in [2.45, 2.75) is 6.10 Å². The first-order valence-corrected chi connectivity index (χ1v) is 5.17. The summed E-state index contributed by atoms with van der Waals surface area (Å²) in [5, 5.41) is 8.81. The summed E-state index contributed by atoms with van der Waals surface area (Å²) in [6.07, 6.45) is -1.16. The van der Waals surface area contributed by atoms with Crippen LogP contribution in [-0.4, -0.2) is 30.9 Å². The lowest BCUT2D eigenvalue weighted by atomic mass is 10.3. The first-order valence-electron chi connectivity index (χ1n) is 4.38. The van der Waals surface area contributed by atoms with Crippen molar-refractivity contribution in [2.24, 2.45) is 0 Å². The molecule has 4 nitrogen and oxygen atoms in total. The van der Waals surface area contributed by atoms with Gasteiger partial charge in [-0.05, 0) is 28.1 Å². The molecule has 0 saturated heterocycles. The van der Waals surface area contributed by atoms with E-state index in [1.54, 1.807) is 0 Å². The van der Waals surface area contributed by atoms with Gasteiger partial charge in [0.15, 0.2) is 0 Å². The van der Waals surface area contributed by atoms with Crippen molar-refractivity contribution in [2.75, 3.05) is 13.7 Å². The van der Waals surface area contributed by atoms with E-state index in [1.165, 1.54) is 19.2 Å². The van der Waals surface area contributed by atoms with Crippen LogP contribution in [-0.2, 0) is 9.53 Å². The van der Waals surface area contributed by atoms with E-state index in [9.17, 15) is 9.18 Å². The van der Waals surface area contributed by atoms with E-state index in [1.807, 2.05) is 0 Å². The molecule has 0 radical (unpaired) electrons. The maximum absolute atomic E-state index is 12.9. The topological polar surface area (TPSA) is 55.8 Å². The number of rotatable bonds is 5. The number of hydrogen-bond donors (Lipinski definition) is 1. The summed E-state index contributed by atoms with van der Waals surface area (Å²) in [7, 11) is 1.36. The summed E-state index contributed by atoms with van der Waals surface area (Å²) < 4.78 is 23.2. The Morgan fingerprint density at radius 2 is 2.31 bits per heavy atom. The Hall–Kier alpha value is -1.14. The Bertz CT molecular complexity index is 383. The minimum atomic E-state index is -1.17. The van der Waals surface area contributed by atoms with Crippen molar-refractivity contribution in [1.29, 1.82) is 0 Å². The van der Waals surface area contributed by atoms with Crippen molar-refractivity contribution in [3.8, 4) is 5.75 Å². The molecule has 0 spiro atoms. The first kappa shape index (κ1) is 12.9. The van der Waals surface area contributed by atoms with Gasteiger partial charge in [0.1, 0.15) is 11.6 Å². The average Bonchev–Trinajstić information content (AvgIpc) is 2.22. The molecule has 1 aromatic rings. The summed E-state index contributed by atoms with van der Waals surface area (Å²) in [4.78, 5) is 10.8. The molecule has 6 heteroatoms. The van der Waals surface area contributed by atoms with Gasteiger partial charge in [-0.25, -0.2) is 9.18 Å². The normalized spacial score (nSPS) is 12.2. The van der Waals surface area contributed by atoms with Crippen LogP contribution in [0, 0.1) is 5.82 Å². The molecule has 0 bridgehead atoms. The van der Waals surface area contributed by atoms with Gasteiger partial charge < -0.3 is 14.6 Å². The van der Waals surface area contributed by atoms with Crippen LogP contribution in [0.25, 0.3) is 0 Å². The molecule has 0 aliphatic heterocycles. The quantitative estimate of drug-likeness (QED) is 0.903. The summed E-state index contributed by atoms with van der Waals surface area (Å²) in [6, 6.07) is 3.79. The van der Waals surface area contributed by atoms with Gasteiger partial charge >= 0.3 is 5.97 Å². The highest BCUT2D eigenvalue weighted by Gasteiger charge is 2.20. The molecular formula is C10H10BrFO4. The van der Waals surface area contributed by atoms with E-state index >= 15 is 0 Å². The molecule has 1 rings (SSSR count). The van der Waals surface area contributed by atoms with Crippen LogP contribution < -0.4 is 4.74 Å². The number of carboxylic acid groups (broad SMARTS) is 1. The third-order valence-electron chi connectivity index (χ3n) is 1.76. The molecule has 1 unspecified atom stereocenters. The van der Waals surface area contributed by atoms with Gasteiger partial charge in [0, 0.05) is 13.2 Å². The van der Waals surface area contributed by atoms with Gasteiger partial charge in [-0.3, -0.25) is 0 Å². The third kappa shape index (κ3) is 3.46. The summed E-state index contributed by atoms with van der Waals surface area (Å²) in [5.41, 5.74) is 0. The second-order valence-electron chi connectivity index (χ2n) is 2.97. The smallest absolute Gasteiger partial charge is 0.347 e. The molecule has 0 aliphatic rings. The average molecular weight is 293 g/mol. The Morgan fingerprint density at radius 1 is 1.62 bits per heavy atom. The van der Waals surface area contributed by atoms with Crippen LogP contribution in [0.3, 0.4) is 0 Å². The standard InChI is InChI=1S/C10H10BrFO4/c1-15-5-9(10(13)14)16-8-4-6(12)2-3-7(8)11/h2-4,9H,5H2,1H3,(H,13,14). The van der Waals surface area contributed by atoms with Crippen molar-refractivity contribution in [1.82, 2.24) is 0 Å². The molecule has 16 heavy (non-hydrogen) atoms. The molecule has 0 fully saturated rings. The van der Waals surface area contributed by atoms with Gasteiger partial charge in [0.05, 0.1) is 11.1 Å². The number of carbonyl (C=O) groups is 1. The molecule has 0 aliphatic carbocycles. The van der Waals surface area contributed by atoms with Crippen molar-refractivity contribution < 1.29 is 23.8 Å². The lowest BCUT2D eigenvalue weighted by molar-refractivity contribution is -0.147. The van der Waals surface area contributed by atoms with Crippen LogP contribution in [0.1, 0.15) is 0 Å². The highest BCUT2D eigenvalue weighted by atomic mass is 79.9. The summed E-state index contributed by atoms with van der Waals surface area (Å²) >= 11 is 3.13. The van der Waals surface area contributed by atoms with Crippen LogP contribution in [0.4, 0.5) is 4.39 Å². The van der Waals surface area contributed by atoms with Crippen LogP contribution in [0.15, 0.2) is 22.7 Å². The van der Waals surface area contributed by atoms with Gasteiger partial charge in [0.25, 0.3) is 0 Å². The van der Waals surface area contributed by atoms with Gasteiger partial charge in [-0.15, -0.1) is 0 Å². The summed E-state index contributed by atoms with van der Waals surface area (Å²) in [6.45, 7) is -0.113. The third-order valence-corrected chi connectivity index (χ3v) is 2.41. The monoisotopic (exact) mass is 292 g/mol. The van der Waals surface area contributed by atoms with E-state index in [0.29, 0.717) is 4.47 Å². The molecule has 0 aromatic heterocycles. The molecule has 0 saturated carbocycles. The molecule has 1 aromatic carbocycles. The van der Waals surface area contributed by atoms with E-state index in [-0.39, 0.29) is 12.4 Å². The molecule has 88 valence electrons. The van der Waals surface area contributed by atoms with Crippen LogP contribution in [0.5, 0.6) is 5.75 Å². The molecule has 0 amide bonds. The fraction of sp³-hybridized carbons (Fsp3) is 0.300. The maximum Gasteiger partial charge on any atom is 0.347 e. The SMILES string of the molecule is COCC(Oc1cc(F)ccc1Br)C(=O)O. The number of halogens is 2. The van der Waals surface area contributed by atoms with Gasteiger partial charge in [0.2, 0.25) is 6.10 Å². The zero-order valence-corrected chi connectivity index (χ0v) is 10.0. The maximum atomic E-state index is 12.9. The van der Waals surface area contributed by atoms with E-state index < -0.39 is 17.9 Å². The Kier molecular flexibility index (Phi) is 4.70. The lowest BCUT2D eigenvalue weighted by Gasteiger charge is -2.15.